The Balaban J connectivity index is 1.70. The first-order valence-electron chi connectivity index (χ1n) is 10.4. The molecule has 0 radical (unpaired) electrons. The van der Waals surface area contributed by atoms with Crippen molar-refractivity contribution < 1.29 is 9.53 Å². The largest absolute Gasteiger partial charge is 0.491 e. The van der Waals surface area contributed by atoms with Gasteiger partial charge in [0.05, 0.1) is 17.2 Å². The third-order valence-electron chi connectivity index (χ3n) is 6.29. The number of benzene rings is 1. The predicted octanol–water partition coefficient (Wildman–Crippen LogP) is 5.79. The van der Waals surface area contributed by atoms with E-state index in [0.717, 1.165) is 29.4 Å². The molecule has 1 fully saturated rings. The molecule has 2 N–H and O–H groups in total. The number of carbonyl (C=O) groups is 1. The van der Waals surface area contributed by atoms with Gasteiger partial charge in [0.25, 0.3) is 5.91 Å². The van der Waals surface area contributed by atoms with Crippen LogP contribution in [-0.4, -0.2) is 47.1 Å². The van der Waals surface area contributed by atoms with Crippen LogP contribution in [0.2, 0.25) is 10.0 Å². The molecule has 0 aliphatic carbocycles. The third-order valence-corrected chi connectivity index (χ3v) is 7.01. The third kappa shape index (κ3) is 5.28. The second kappa shape index (κ2) is 8.89. The molecular weight excluding hydrogens is 433 g/mol. The van der Waals surface area contributed by atoms with Crippen LogP contribution >= 0.6 is 23.2 Å². The lowest BCUT2D eigenvalue weighted by Crippen LogP contribution is -2.62. The van der Waals surface area contributed by atoms with Crippen molar-refractivity contribution in [2.45, 2.75) is 57.7 Å². The molecule has 0 saturated carbocycles. The standard InChI is InChI=1S/C24H31Cl2N3O2/c1-23(2)13-17(14-24(3,4)29(23)5)28-22(30)21(31-6)9-7-8-16-10-15-11-18(25)19(26)12-20(15)27-16/h7-12,17,27H,13-14H2,1-6H3,(H,28,30)/b8-7+,21-9+. The number of likely N-dealkylation sites (tertiary alicyclic amines) is 1. The van der Waals surface area contributed by atoms with Gasteiger partial charge in [-0.25, -0.2) is 0 Å². The minimum atomic E-state index is -0.205. The highest BCUT2D eigenvalue weighted by molar-refractivity contribution is 6.42. The number of carbonyl (C=O) groups excluding carboxylic acids is 1. The lowest BCUT2D eigenvalue weighted by molar-refractivity contribution is -0.122. The summed E-state index contributed by atoms with van der Waals surface area (Å²) in [7, 11) is 3.66. The molecule has 0 unspecified atom stereocenters. The molecule has 3 rings (SSSR count). The van der Waals surface area contributed by atoms with Crippen molar-refractivity contribution in [1.82, 2.24) is 15.2 Å². The maximum absolute atomic E-state index is 12.8. The molecule has 1 aliphatic rings. The van der Waals surface area contributed by atoms with Gasteiger partial charge < -0.3 is 15.0 Å². The summed E-state index contributed by atoms with van der Waals surface area (Å²) in [5, 5.41) is 5.14. The van der Waals surface area contributed by atoms with Crippen LogP contribution in [0.5, 0.6) is 0 Å². The lowest BCUT2D eigenvalue weighted by Gasteiger charge is -2.53. The highest BCUT2D eigenvalue weighted by atomic mass is 35.5. The fraction of sp³-hybridized carbons (Fsp3) is 0.458. The summed E-state index contributed by atoms with van der Waals surface area (Å²) in [5.41, 5.74) is 1.77. The van der Waals surface area contributed by atoms with Crippen molar-refractivity contribution in [2.24, 2.45) is 0 Å². The number of hydrogen-bond donors (Lipinski definition) is 2. The predicted molar refractivity (Wildman–Crippen MR) is 130 cm³/mol. The molecule has 1 aromatic heterocycles. The first-order valence-corrected chi connectivity index (χ1v) is 11.1. The molecule has 1 aromatic carbocycles. The summed E-state index contributed by atoms with van der Waals surface area (Å²) in [4.78, 5) is 18.5. The lowest BCUT2D eigenvalue weighted by atomic mass is 9.77. The molecule has 2 heterocycles. The number of amides is 1. The number of halogens is 2. The van der Waals surface area contributed by atoms with Crippen molar-refractivity contribution in [3.05, 3.63) is 51.8 Å². The van der Waals surface area contributed by atoms with Crippen LogP contribution in [0, 0.1) is 0 Å². The second-order valence-corrected chi connectivity index (χ2v) is 10.2. The van der Waals surface area contributed by atoms with E-state index in [-0.39, 0.29) is 28.8 Å². The first kappa shape index (κ1) is 23.7. The minimum absolute atomic E-state index is 0.00202. The van der Waals surface area contributed by atoms with Crippen LogP contribution in [0.4, 0.5) is 0 Å². The summed E-state index contributed by atoms with van der Waals surface area (Å²) >= 11 is 12.2. The van der Waals surface area contributed by atoms with Gasteiger partial charge in [0.1, 0.15) is 0 Å². The van der Waals surface area contributed by atoms with Crippen LogP contribution < -0.4 is 5.32 Å². The Labute approximate surface area is 194 Å². The molecule has 7 heteroatoms. The number of methoxy groups -OCH3 is 1. The van der Waals surface area contributed by atoms with Crippen molar-refractivity contribution in [2.75, 3.05) is 14.2 Å². The van der Waals surface area contributed by atoms with Crippen molar-refractivity contribution in [3.63, 3.8) is 0 Å². The van der Waals surface area contributed by atoms with Gasteiger partial charge in [-0.05, 0) is 77.9 Å². The number of rotatable bonds is 5. The Kier molecular flexibility index (Phi) is 6.80. The number of nitrogens with one attached hydrogen (secondary N) is 2. The Morgan fingerprint density at radius 2 is 1.77 bits per heavy atom. The minimum Gasteiger partial charge on any atom is -0.491 e. The van der Waals surface area contributed by atoms with E-state index in [1.165, 1.54) is 7.11 Å². The maximum atomic E-state index is 12.8. The van der Waals surface area contributed by atoms with E-state index in [4.69, 9.17) is 27.9 Å². The van der Waals surface area contributed by atoms with Crippen LogP contribution in [0.25, 0.3) is 17.0 Å². The molecule has 1 saturated heterocycles. The van der Waals surface area contributed by atoms with Gasteiger partial charge in [0.2, 0.25) is 0 Å². The molecule has 1 amide bonds. The number of allylic oxidation sites excluding steroid dienone is 2. The molecule has 1 aliphatic heterocycles. The second-order valence-electron chi connectivity index (χ2n) is 9.43. The smallest absolute Gasteiger partial charge is 0.286 e. The van der Waals surface area contributed by atoms with Gasteiger partial charge >= 0.3 is 0 Å². The zero-order valence-corrected chi connectivity index (χ0v) is 20.5. The first-order chi connectivity index (χ1) is 14.4. The Hall–Kier alpha value is -1.95. The van der Waals surface area contributed by atoms with Crippen LogP contribution in [0.15, 0.2) is 36.1 Å². The Morgan fingerprint density at radius 1 is 1.16 bits per heavy atom. The summed E-state index contributed by atoms with van der Waals surface area (Å²) in [5.74, 6) is 0.0662. The molecule has 0 bridgehead atoms. The summed E-state index contributed by atoms with van der Waals surface area (Å²) in [6.07, 6.45) is 7.09. The maximum Gasteiger partial charge on any atom is 0.286 e. The zero-order chi connectivity index (χ0) is 23.0. The molecule has 2 aromatic rings. The normalized spacial score (nSPS) is 19.8. The summed E-state index contributed by atoms with van der Waals surface area (Å²) in [6, 6.07) is 5.67. The average Bonchev–Trinajstić information content (AvgIpc) is 3.04. The number of nitrogens with zero attached hydrogens (tertiary/aromatic N) is 1. The number of aromatic amines is 1. The highest BCUT2D eigenvalue weighted by Crippen LogP contribution is 2.37. The number of hydrogen-bond acceptors (Lipinski definition) is 3. The monoisotopic (exact) mass is 463 g/mol. The number of ether oxygens (including phenoxy) is 1. The number of H-pyrrole nitrogens is 1. The van der Waals surface area contributed by atoms with Crippen LogP contribution in [0.1, 0.15) is 46.2 Å². The Morgan fingerprint density at radius 3 is 2.39 bits per heavy atom. The van der Waals surface area contributed by atoms with Gasteiger partial charge in [0.15, 0.2) is 5.76 Å². The van der Waals surface area contributed by atoms with Crippen molar-refractivity contribution >= 4 is 46.1 Å². The SMILES string of the molecule is CO/C(=C/C=C/c1cc2cc(Cl)c(Cl)cc2[nH]1)C(=O)NC1CC(C)(C)N(C)C(C)(C)C1. The fourth-order valence-electron chi connectivity index (χ4n) is 4.44. The molecule has 0 atom stereocenters. The van der Waals surface area contributed by atoms with Crippen molar-refractivity contribution in [1.29, 1.82) is 0 Å². The van der Waals surface area contributed by atoms with E-state index in [9.17, 15) is 4.79 Å². The van der Waals surface area contributed by atoms with E-state index in [0.29, 0.717) is 10.0 Å². The number of aromatic nitrogens is 1. The summed E-state index contributed by atoms with van der Waals surface area (Å²) in [6.45, 7) is 8.85. The summed E-state index contributed by atoms with van der Waals surface area (Å²) < 4.78 is 5.35. The highest BCUT2D eigenvalue weighted by Gasteiger charge is 2.43. The van der Waals surface area contributed by atoms with E-state index < -0.39 is 0 Å². The molecule has 5 nitrogen and oxygen atoms in total. The molecule has 168 valence electrons. The molecular formula is C24H31Cl2N3O2. The van der Waals surface area contributed by atoms with Gasteiger partial charge in [-0.2, -0.15) is 0 Å². The zero-order valence-electron chi connectivity index (χ0n) is 19.0. The van der Waals surface area contributed by atoms with E-state index in [1.54, 1.807) is 18.2 Å². The number of piperidine rings is 1. The average molecular weight is 464 g/mol. The topological polar surface area (TPSA) is 57.4 Å². The van der Waals surface area contributed by atoms with Crippen LogP contribution in [-0.2, 0) is 9.53 Å². The van der Waals surface area contributed by atoms with Gasteiger partial charge in [-0.15, -0.1) is 0 Å². The Bertz CT molecular complexity index is 980. The quantitative estimate of drug-likeness (QED) is 0.335. The number of fused-ring (bicyclic) bond motifs is 1. The van der Waals surface area contributed by atoms with E-state index in [1.807, 2.05) is 18.2 Å². The van der Waals surface area contributed by atoms with E-state index in [2.05, 4.69) is 49.9 Å². The van der Waals surface area contributed by atoms with Gasteiger partial charge in [-0.3, -0.25) is 9.69 Å². The van der Waals surface area contributed by atoms with E-state index >= 15 is 0 Å². The molecule has 0 spiro atoms. The van der Waals surface area contributed by atoms with Crippen molar-refractivity contribution in [3.8, 4) is 0 Å². The molecule has 31 heavy (non-hydrogen) atoms. The fourth-order valence-corrected chi connectivity index (χ4v) is 4.78. The van der Waals surface area contributed by atoms with Gasteiger partial charge in [0, 0.05) is 33.7 Å². The van der Waals surface area contributed by atoms with Gasteiger partial charge in [-0.1, -0.05) is 29.3 Å². The van der Waals surface area contributed by atoms with Crippen LogP contribution in [0.3, 0.4) is 0 Å².